The van der Waals surface area contributed by atoms with Crippen LogP contribution < -0.4 is 14.5 Å². The summed E-state index contributed by atoms with van der Waals surface area (Å²) in [5.74, 6) is 2.15. The van der Waals surface area contributed by atoms with Crippen LogP contribution in [0.5, 0.6) is 11.5 Å². The molecule has 0 unspecified atom stereocenters. The van der Waals surface area contributed by atoms with Crippen LogP contribution in [0.4, 0.5) is 11.4 Å². The van der Waals surface area contributed by atoms with Crippen molar-refractivity contribution in [3.63, 3.8) is 0 Å². The van der Waals surface area contributed by atoms with Crippen molar-refractivity contribution in [1.82, 2.24) is 9.55 Å². The Bertz CT molecular complexity index is 2820. The largest absolute Gasteiger partial charge is 0.509 e. The standard InChI is InChI=1S/C57H63N4O.Pt/c1-53(2,3)39-27-28-58-51(32-39)61-48-26-19-18-25-46(48)52-47(55(7,8)9)34-45(35-49(52)61)62-44-31-41(54(4,5)6)30-43(33-44)59-36-50(56(10,11)12)60(37-59)42-24-20-23-40(29-42)57(13,14)38-21-16-15-17-22-38;/h15-32,34,36-37H,1-14H3;/q-3;. The fraction of sp³-hybridized carbons (Fsp3) is 0.333. The van der Waals surface area contributed by atoms with Crippen LogP contribution in [0.15, 0.2) is 127 Å². The summed E-state index contributed by atoms with van der Waals surface area (Å²) in [6.45, 7) is 33.9. The van der Waals surface area contributed by atoms with E-state index >= 15 is 0 Å². The van der Waals surface area contributed by atoms with Crippen LogP contribution in [0, 0.1) is 24.2 Å². The van der Waals surface area contributed by atoms with Crippen LogP contribution >= 0.6 is 0 Å². The zero-order chi connectivity index (χ0) is 44.6. The summed E-state index contributed by atoms with van der Waals surface area (Å²) < 4.78 is 9.26. The molecule has 0 saturated heterocycles. The quantitative estimate of drug-likeness (QED) is 0.149. The molecule has 1 aliphatic rings. The van der Waals surface area contributed by atoms with Crippen LogP contribution in [0.2, 0.25) is 0 Å². The molecule has 0 N–H and O–H groups in total. The molecule has 2 aromatic heterocycles. The van der Waals surface area contributed by atoms with Crippen molar-refractivity contribution in [1.29, 1.82) is 0 Å². The average Bonchev–Trinajstić information content (AvgIpc) is 3.81. The Hall–Kier alpha value is -5.12. The molecule has 63 heavy (non-hydrogen) atoms. The van der Waals surface area contributed by atoms with E-state index in [0.29, 0.717) is 11.5 Å². The molecule has 330 valence electrons. The molecule has 5 nitrogen and oxygen atoms in total. The molecular weight excluding hydrogens is 952 g/mol. The Morgan fingerprint density at radius 2 is 1.22 bits per heavy atom. The summed E-state index contributed by atoms with van der Waals surface area (Å²) in [4.78, 5) is 9.49. The second-order valence-corrected chi connectivity index (χ2v) is 21.7. The van der Waals surface area contributed by atoms with Crippen LogP contribution in [-0.2, 0) is 42.7 Å². The number of benzene rings is 5. The van der Waals surface area contributed by atoms with Crippen LogP contribution in [0.3, 0.4) is 0 Å². The first-order chi connectivity index (χ1) is 29.0. The van der Waals surface area contributed by atoms with Crippen molar-refractivity contribution >= 4 is 33.2 Å². The zero-order valence-corrected chi connectivity index (χ0v) is 41.9. The second kappa shape index (κ2) is 16.5. The van der Waals surface area contributed by atoms with Crippen molar-refractivity contribution in [3.8, 4) is 17.3 Å². The van der Waals surface area contributed by atoms with E-state index in [-0.39, 0.29) is 48.1 Å². The maximum Gasteiger partial charge on any atom is 0.135 e. The fourth-order valence-corrected chi connectivity index (χ4v) is 8.53. The summed E-state index contributed by atoms with van der Waals surface area (Å²) in [6.07, 6.45) is 4.18. The third-order valence-corrected chi connectivity index (χ3v) is 12.4. The van der Waals surface area contributed by atoms with E-state index in [1.54, 1.807) is 0 Å². The van der Waals surface area contributed by atoms with Gasteiger partial charge < -0.3 is 19.1 Å². The first-order valence-electron chi connectivity index (χ1n) is 22.0. The van der Waals surface area contributed by atoms with Crippen LogP contribution in [0.25, 0.3) is 27.6 Å². The van der Waals surface area contributed by atoms with Gasteiger partial charge in [-0.05, 0) is 74.9 Å². The van der Waals surface area contributed by atoms with Crippen molar-refractivity contribution in [2.75, 3.05) is 9.80 Å². The third kappa shape index (κ3) is 9.01. The number of aromatic nitrogens is 2. The summed E-state index contributed by atoms with van der Waals surface area (Å²) >= 11 is 0. The van der Waals surface area contributed by atoms with E-state index in [9.17, 15) is 0 Å². The Morgan fingerprint density at radius 3 is 1.89 bits per heavy atom. The molecule has 1 aliphatic heterocycles. The van der Waals surface area contributed by atoms with Gasteiger partial charge in [-0.25, -0.2) is 4.98 Å². The van der Waals surface area contributed by atoms with Crippen molar-refractivity contribution < 1.29 is 25.8 Å². The molecule has 6 heteroatoms. The number of allylic oxidation sites excluding steroid dienone is 1. The van der Waals surface area contributed by atoms with Gasteiger partial charge in [0.05, 0.1) is 0 Å². The molecule has 0 fully saturated rings. The van der Waals surface area contributed by atoms with E-state index in [1.165, 1.54) is 38.7 Å². The number of rotatable bonds is 7. The Balaban J connectivity index is 0.00000595. The van der Waals surface area contributed by atoms with Gasteiger partial charge in [0.15, 0.2) is 0 Å². The minimum absolute atomic E-state index is 0. The molecule has 3 heterocycles. The van der Waals surface area contributed by atoms with E-state index < -0.39 is 0 Å². The Labute approximate surface area is 391 Å². The van der Waals surface area contributed by atoms with Crippen LogP contribution in [-0.4, -0.2) is 9.55 Å². The van der Waals surface area contributed by atoms with Gasteiger partial charge in [-0.3, -0.25) is 0 Å². The third-order valence-electron chi connectivity index (χ3n) is 12.4. The molecule has 0 amide bonds. The maximum atomic E-state index is 7.00. The van der Waals surface area contributed by atoms with Crippen molar-refractivity contribution in [3.05, 3.63) is 174 Å². The Morgan fingerprint density at radius 1 is 0.571 bits per heavy atom. The van der Waals surface area contributed by atoms with E-state index in [1.807, 2.05) is 6.20 Å². The molecule has 7 aromatic rings. The normalized spacial score (nSPS) is 14.0. The molecule has 0 spiro atoms. The van der Waals surface area contributed by atoms with Gasteiger partial charge in [0.25, 0.3) is 0 Å². The molecule has 8 rings (SSSR count). The topological polar surface area (TPSA) is 33.5 Å². The fourth-order valence-electron chi connectivity index (χ4n) is 8.53. The van der Waals surface area contributed by atoms with Gasteiger partial charge in [0.1, 0.15) is 5.82 Å². The van der Waals surface area contributed by atoms with Gasteiger partial charge in [-0.2, -0.15) is 0 Å². The summed E-state index contributed by atoms with van der Waals surface area (Å²) in [6, 6.07) is 46.7. The van der Waals surface area contributed by atoms with E-state index in [0.717, 1.165) is 33.8 Å². The summed E-state index contributed by atoms with van der Waals surface area (Å²) in [5.41, 5.74) is 10.7. The minimum Gasteiger partial charge on any atom is -0.509 e. The number of hydrogen-bond acceptors (Lipinski definition) is 4. The number of anilines is 2. The molecule has 0 bridgehead atoms. The SMILES string of the molecule is CC(C)(C)C1=CN(c2[c-]c(Oc3[c-]c4c(c(C(C)(C)C)c3)c3ccccc3n4-c3cc(C(C)(C)C)ccn3)cc(C(C)(C)C)c2)[CH-]N1c1cccc(C(C)(C)c2ccccc2)c1.[Pt]. The summed E-state index contributed by atoms with van der Waals surface area (Å²) in [7, 11) is 0. The first kappa shape index (κ1) is 45.9. The number of fused-ring (bicyclic) bond motifs is 3. The van der Waals surface area contributed by atoms with Crippen molar-refractivity contribution in [2.45, 2.75) is 119 Å². The zero-order valence-electron chi connectivity index (χ0n) is 39.6. The average molecular weight is 1020 g/mol. The first-order valence-corrected chi connectivity index (χ1v) is 22.0. The number of pyridine rings is 1. The number of hydrogen-bond donors (Lipinski definition) is 0. The molecule has 0 atom stereocenters. The Kier molecular flexibility index (Phi) is 12.0. The van der Waals surface area contributed by atoms with Gasteiger partial charge >= 0.3 is 0 Å². The number of ether oxygens (including phenoxy) is 1. The predicted molar refractivity (Wildman–Crippen MR) is 261 cm³/mol. The number of nitrogens with zero attached hydrogens (tertiary/aromatic N) is 4. The summed E-state index contributed by atoms with van der Waals surface area (Å²) in [5, 5.41) is 2.34. The predicted octanol–water partition coefficient (Wildman–Crippen LogP) is 15.1. The van der Waals surface area contributed by atoms with Gasteiger partial charge in [0, 0.05) is 66.5 Å². The molecular formula is C57H63N4OPt-3. The second-order valence-electron chi connectivity index (χ2n) is 21.7. The monoisotopic (exact) mass is 1010 g/mol. The van der Waals surface area contributed by atoms with Crippen LogP contribution in [0.1, 0.15) is 125 Å². The molecule has 0 aliphatic carbocycles. The van der Waals surface area contributed by atoms with Crippen molar-refractivity contribution in [2.24, 2.45) is 5.41 Å². The van der Waals surface area contributed by atoms with Gasteiger partial charge in [-0.1, -0.05) is 168 Å². The van der Waals surface area contributed by atoms with Gasteiger partial charge in [0.2, 0.25) is 0 Å². The minimum atomic E-state index is -0.195. The smallest absolute Gasteiger partial charge is 0.135 e. The van der Waals surface area contributed by atoms with E-state index in [4.69, 9.17) is 9.72 Å². The molecule has 0 radical (unpaired) electrons. The number of para-hydroxylation sites is 1. The molecule has 5 aromatic carbocycles. The van der Waals surface area contributed by atoms with E-state index in [2.05, 4.69) is 245 Å². The molecule has 0 saturated carbocycles. The maximum absolute atomic E-state index is 7.00. The van der Waals surface area contributed by atoms with Gasteiger partial charge in [-0.15, -0.1) is 53.8 Å².